The van der Waals surface area contributed by atoms with Crippen LogP contribution in [0.4, 0.5) is 5.95 Å². The average molecular weight is 297 g/mol. The lowest BCUT2D eigenvalue weighted by Gasteiger charge is -2.22. The van der Waals surface area contributed by atoms with Gasteiger partial charge in [-0.25, -0.2) is 4.98 Å². The molecule has 7 nitrogen and oxygen atoms in total. The highest BCUT2D eigenvalue weighted by Gasteiger charge is 2.19. The van der Waals surface area contributed by atoms with Gasteiger partial charge in [0.05, 0.1) is 5.60 Å². The minimum atomic E-state index is -0.816. The van der Waals surface area contributed by atoms with Gasteiger partial charge in [0.2, 0.25) is 17.2 Å². The van der Waals surface area contributed by atoms with E-state index in [1.807, 2.05) is 6.92 Å². The molecule has 1 unspecified atom stereocenters. The fourth-order valence-corrected chi connectivity index (χ4v) is 1.96. The zero-order valence-corrected chi connectivity index (χ0v) is 12.2. The van der Waals surface area contributed by atoms with E-state index in [-0.39, 0.29) is 5.28 Å². The van der Waals surface area contributed by atoms with Crippen LogP contribution < -0.4 is 5.32 Å². The van der Waals surface area contributed by atoms with Crippen LogP contribution in [0, 0.1) is 0 Å². The Kier molecular flexibility index (Phi) is 4.51. The smallest absolute Gasteiger partial charge is 0.241 e. The van der Waals surface area contributed by atoms with Crippen LogP contribution in [0.15, 0.2) is 18.7 Å². The van der Waals surface area contributed by atoms with E-state index in [1.54, 1.807) is 30.2 Å². The molecule has 2 heterocycles. The standard InChI is InChI=1S/C12H17ClN6O/c1-3-4-12(2,20)7-15-10-16-9(13)17-11(18-10)19-6-5-14-8-19/h5-6,8,20H,3-4,7H2,1-2H3,(H,15,16,17,18). The molecule has 0 spiro atoms. The fraction of sp³-hybridized carbons (Fsp3) is 0.500. The SMILES string of the molecule is CCCC(C)(O)CNc1nc(Cl)nc(-n2ccnc2)n1. The molecule has 0 fully saturated rings. The maximum absolute atomic E-state index is 10.1. The lowest BCUT2D eigenvalue weighted by Crippen LogP contribution is -2.33. The lowest BCUT2D eigenvalue weighted by atomic mass is 10.0. The zero-order valence-electron chi connectivity index (χ0n) is 11.4. The van der Waals surface area contributed by atoms with Crippen LogP contribution in [0.3, 0.4) is 0 Å². The van der Waals surface area contributed by atoms with E-state index < -0.39 is 5.60 Å². The summed E-state index contributed by atoms with van der Waals surface area (Å²) in [5.41, 5.74) is -0.816. The van der Waals surface area contributed by atoms with Crippen LogP contribution in [-0.4, -0.2) is 41.8 Å². The van der Waals surface area contributed by atoms with Gasteiger partial charge >= 0.3 is 0 Å². The van der Waals surface area contributed by atoms with E-state index in [2.05, 4.69) is 25.3 Å². The summed E-state index contributed by atoms with van der Waals surface area (Å²) in [6, 6.07) is 0. The highest BCUT2D eigenvalue weighted by Crippen LogP contribution is 2.14. The number of hydrogen-bond acceptors (Lipinski definition) is 6. The quantitative estimate of drug-likeness (QED) is 0.843. The molecule has 0 aromatic carbocycles. The molecule has 108 valence electrons. The molecule has 0 saturated heterocycles. The molecule has 2 aromatic heterocycles. The van der Waals surface area contributed by atoms with Gasteiger partial charge < -0.3 is 10.4 Å². The first-order valence-corrected chi connectivity index (χ1v) is 6.74. The normalized spacial score (nSPS) is 14.0. The third-order valence-electron chi connectivity index (χ3n) is 2.75. The summed E-state index contributed by atoms with van der Waals surface area (Å²) in [6.45, 7) is 4.12. The molecular formula is C12H17ClN6O. The van der Waals surface area contributed by atoms with Crippen molar-refractivity contribution in [1.82, 2.24) is 24.5 Å². The van der Waals surface area contributed by atoms with E-state index in [9.17, 15) is 5.11 Å². The predicted octanol–water partition coefficient (Wildman–Crippen LogP) is 1.67. The first kappa shape index (κ1) is 14.7. The second-order valence-corrected chi connectivity index (χ2v) is 5.14. The Labute approximate surface area is 122 Å². The number of nitrogens with one attached hydrogen (secondary N) is 1. The van der Waals surface area contributed by atoms with Gasteiger partial charge in [0.15, 0.2) is 0 Å². The van der Waals surface area contributed by atoms with Crippen LogP contribution >= 0.6 is 11.6 Å². The summed E-state index contributed by atoms with van der Waals surface area (Å²) in [4.78, 5) is 16.2. The van der Waals surface area contributed by atoms with Crippen LogP contribution in [0.1, 0.15) is 26.7 Å². The Balaban J connectivity index is 2.13. The first-order valence-electron chi connectivity index (χ1n) is 6.36. The highest BCUT2D eigenvalue weighted by molar-refractivity contribution is 6.28. The van der Waals surface area contributed by atoms with Crippen molar-refractivity contribution in [3.05, 3.63) is 24.0 Å². The summed E-state index contributed by atoms with van der Waals surface area (Å²) in [7, 11) is 0. The second-order valence-electron chi connectivity index (χ2n) is 4.80. The monoisotopic (exact) mass is 296 g/mol. The molecule has 0 bridgehead atoms. The summed E-state index contributed by atoms with van der Waals surface area (Å²) in [5, 5.41) is 13.2. The Morgan fingerprint density at radius 1 is 1.40 bits per heavy atom. The van der Waals surface area contributed by atoms with E-state index in [1.165, 1.54) is 0 Å². The van der Waals surface area contributed by atoms with Gasteiger partial charge in [0.1, 0.15) is 6.33 Å². The third-order valence-corrected chi connectivity index (χ3v) is 2.92. The maximum atomic E-state index is 10.1. The van der Waals surface area contributed by atoms with Crippen LogP contribution in [0.25, 0.3) is 5.95 Å². The Hall–Kier alpha value is -1.73. The topological polar surface area (TPSA) is 88.8 Å². The average Bonchev–Trinajstić information content (AvgIpc) is 2.90. The first-order chi connectivity index (χ1) is 9.50. The molecular weight excluding hydrogens is 280 g/mol. The molecule has 0 aliphatic heterocycles. The van der Waals surface area contributed by atoms with Crippen LogP contribution in [0.5, 0.6) is 0 Å². The Morgan fingerprint density at radius 2 is 2.20 bits per heavy atom. The molecule has 1 atom stereocenters. The van der Waals surface area contributed by atoms with E-state index >= 15 is 0 Å². The highest BCUT2D eigenvalue weighted by atomic mass is 35.5. The van der Waals surface area contributed by atoms with Crippen molar-refractivity contribution in [1.29, 1.82) is 0 Å². The van der Waals surface area contributed by atoms with Gasteiger partial charge in [-0.15, -0.1) is 0 Å². The lowest BCUT2D eigenvalue weighted by molar-refractivity contribution is 0.0635. The number of anilines is 1. The van der Waals surface area contributed by atoms with Gasteiger partial charge in [0.25, 0.3) is 0 Å². The fourth-order valence-electron chi connectivity index (χ4n) is 1.81. The van der Waals surface area contributed by atoms with E-state index in [0.29, 0.717) is 24.9 Å². The van der Waals surface area contributed by atoms with Crippen molar-refractivity contribution in [3.8, 4) is 5.95 Å². The van der Waals surface area contributed by atoms with E-state index in [4.69, 9.17) is 11.6 Å². The third kappa shape index (κ3) is 3.88. The zero-order chi connectivity index (χ0) is 14.6. The van der Waals surface area contributed by atoms with Crippen molar-refractivity contribution in [3.63, 3.8) is 0 Å². The predicted molar refractivity (Wildman–Crippen MR) is 76.0 cm³/mol. The molecule has 8 heteroatoms. The molecule has 0 saturated carbocycles. The number of halogens is 1. The minimum absolute atomic E-state index is 0.0846. The number of hydrogen-bond donors (Lipinski definition) is 2. The molecule has 2 N–H and O–H groups in total. The van der Waals surface area contributed by atoms with Gasteiger partial charge in [-0.3, -0.25) is 4.57 Å². The molecule has 2 aromatic rings. The van der Waals surface area contributed by atoms with Crippen molar-refractivity contribution in [2.45, 2.75) is 32.3 Å². The number of rotatable bonds is 6. The summed E-state index contributed by atoms with van der Waals surface area (Å²) >= 11 is 5.88. The molecule has 0 radical (unpaired) electrons. The summed E-state index contributed by atoms with van der Waals surface area (Å²) in [6.07, 6.45) is 6.49. The van der Waals surface area contributed by atoms with Crippen molar-refractivity contribution < 1.29 is 5.11 Å². The maximum Gasteiger partial charge on any atom is 0.241 e. The van der Waals surface area contributed by atoms with Gasteiger partial charge in [-0.1, -0.05) is 13.3 Å². The summed E-state index contributed by atoms with van der Waals surface area (Å²) < 4.78 is 1.63. The minimum Gasteiger partial charge on any atom is -0.388 e. The van der Waals surface area contributed by atoms with Crippen molar-refractivity contribution >= 4 is 17.5 Å². The van der Waals surface area contributed by atoms with Gasteiger partial charge in [-0.05, 0) is 24.9 Å². The number of imidazole rings is 1. The largest absolute Gasteiger partial charge is 0.388 e. The molecule has 0 aliphatic carbocycles. The van der Waals surface area contributed by atoms with Gasteiger partial charge in [-0.2, -0.15) is 15.0 Å². The summed E-state index contributed by atoms with van der Waals surface area (Å²) in [5.74, 6) is 0.699. The van der Waals surface area contributed by atoms with Crippen LogP contribution in [0.2, 0.25) is 5.28 Å². The van der Waals surface area contributed by atoms with Crippen molar-refractivity contribution in [2.75, 3.05) is 11.9 Å². The van der Waals surface area contributed by atoms with E-state index in [0.717, 1.165) is 6.42 Å². The number of aliphatic hydroxyl groups is 1. The second kappa shape index (κ2) is 6.15. The Morgan fingerprint density at radius 3 is 2.85 bits per heavy atom. The number of nitrogens with zero attached hydrogens (tertiary/aromatic N) is 5. The molecule has 0 aliphatic rings. The molecule has 0 amide bonds. The number of aromatic nitrogens is 5. The molecule has 20 heavy (non-hydrogen) atoms. The van der Waals surface area contributed by atoms with Crippen molar-refractivity contribution in [2.24, 2.45) is 0 Å². The van der Waals surface area contributed by atoms with Crippen LogP contribution in [-0.2, 0) is 0 Å². The molecule has 2 rings (SSSR count). The van der Waals surface area contributed by atoms with Gasteiger partial charge in [0, 0.05) is 18.9 Å². The Bertz CT molecular complexity index is 557.